The van der Waals surface area contributed by atoms with Gasteiger partial charge in [0.15, 0.2) is 0 Å². The minimum atomic E-state index is 0.0792. The number of carbonyl (C=O) groups excluding carboxylic acids is 1. The van der Waals surface area contributed by atoms with Gasteiger partial charge in [-0.2, -0.15) is 0 Å². The number of para-hydroxylation sites is 2. The molecule has 3 rings (SSSR count). The molecule has 1 heterocycles. The Labute approximate surface area is 114 Å². The third-order valence-corrected chi connectivity index (χ3v) is 4.05. The summed E-state index contributed by atoms with van der Waals surface area (Å²) in [5.41, 5.74) is 3.87. The molecule has 2 aliphatic rings. The molecule has 0 saturated heterocycles. The molecule has 1 amide bonds. The number of hydrogen-bond acceptors (Lipinski definition) is 2. The van der Waals surface area contributed by atoms with Crippen LogP contribution in [0.3, 0.4) is 0 Å². The third-order valence-electron chi connectivity index (χ3n) is 3.33. The lowest BCUT2D eigenvalue weighted by Crippen LogP contribution is -2.43. The molecule has 0 saturated carbocycles. The van der Waals surface area contributed by atoms with Gasteiger partial charge in [0.2, 0.25) is 0 Å². The smallest absolute Gasteiger partial charge is 0.265 e. The number of allylic oxidation sites excluding steroid dienone is 2. The molecule has 92 valence electrons. The fourth-order valence-corrected chi connectivity index (χ4v) is 3.09. The van der Waals surface area contributed by atoms with Crippen molar-refractivity contribution in [2.45, 2.75) is 12.8 Å². The summed E-state index contributed by atoms with van der Waals surface area (Å²) in [6.45, 7) is 0. The Bertz CT molecular complexity index is 589. The van der Waals surface area contributed by atoms with E-state index in [9.17, 15) is 4.79 Å². The van der Waals surface area contributed by atoms with E-state index in [1.165, 1.54) is 0 Å². The number of nitrogens with zero attached hydrogens (tertiary/aromatic N) is 1. The van der Waals surface area contributed by atoms with Gasteiger partial charge in [-0.15, -0.1) is 0 Å². The number of rotatable bonds is 2. The minimum Gasteiger partial charge on any atom is -0.386 e. The number of halogens is 1. The van der Waals surface area contributed by atoms with Gasteiger partial charge >= 0.3 is 0 Å². The molecule has 1 aliphatic carbocycles. The third kappa shape index (κ3) is 1.52. The van der Waals surface area contributed by atoms with E-state index in [0.717, 1.165) is 40.0 Å². The molecule has 0 fully saturated rings. The van der Waals surface area contributed by atoms with Gasteiger partial charge in [-0.3, -0.25) is 9.69 Å². The monoisotopic (exact) mass is 304 g/mol. The second-order valence-electron chi connectivity index (χ2n) is 4.32. The second-order valence-corrected chi connectivity index (χ2v) is 5.17. The topological polar surface area (TPSA) is 32.3 Å². The van der Waals surface area contributed by atoms with Crippen LogP contribution in [0.2, 0.25) is 0 Å². The number of anilines is 2. The summed E-state index contributed by atoms with van der Waals surface area (Å²) in [4.78, 5) is 14.1. The number of hydrogen-bond donors (Lipinski definition) is 1. The van der Waals surface area contributed by atoms with Crippen molar-refractivity contribution in [3.05, 3.63) is 46.1 Å². The van der Waals surface area contributed by atoms with Crippen molar-refractivity contribution in [3.63, 3.8) is 0 Å². The van der Waals surface area contributed by atoms with Crippen LogP contribution in [0.5, 0.6) is 0 Å². The summed E-state index contributed by atoms with van der Waals surface area (Å²) in [6.07, 6.45) is 3.97. The number of carbonyl (C=O) groups is 1. The zero-order chi connectivity index (χ0) is 12.7. The van der Waals surface area contributed by atoms with Crippen LogP contribution in [0.1, 0.15) is 12.8 Å². The van der Waals surface area contributed by atoms with E-state index in [1.807, 2.05) is 36.2 Å². The Morgan fingerprint density at radius 3 is 2.89 bits per heavy atom. The highest BCUT2D eigenvalue weighted by Gasteiger charge is 2.40. The van der Waals surface area contributed by atoms with Gasteiger partial charge in [0.25, 0.3) is 5.91 Å². The molecule has 1 aromatic rings. The van der Waals surface area contributed by atoms with Crippen LogP contribution in [0.25, 0.3) is 0 Å². The summed E-state index contributed by atoms with van der Waals surface area (Å²) in [7, 11) is 1.87. The Morgan fingerprint density at radius 1 is 1.33 bits per heavy atom. The lowest BCUT2D eigenvalue weighted by Gasteiger charge is -2.39. The van der Waals surface area contributed by atoms with Crippen molar-refractivity contribution < 1.29 is 4.79 Å². The van der Waals surface area contributed by atoms with Crippen LogP contribution in [0.4, 0.5) is 11.4 Å². The van der Waals surface area contributed by atoms with Gasteiger partial charge in [-0.05, 0) is 25.0 Å². The lowest BCUT2D eigenvalue weighted by atomic mass is 9.93. The molecule has 0 spiro atoms. The van der Waals surface area contributed by atoms with Crippen LogP contribution in [-0.2, 0) is 4.79 Å². The van der Waals surface area contributed by atoms with Crippen LogP contribution < -0.4 is 10.2 Å². The van der Waals surface area contributed by atoms with E-state index in [-0.39, 0.29) is 5.91 Å². The van der Waals surface area contributed by atoms with Gasteiger partial charge in [0.05, 0.1) is 16.9 Å². The van der Waals surface area contributed by atoms with Gasteiger partial charge < -0.3 is 5.32 Å². The first-order valence-corrected chi connectivity index (χ1v) is 6.73. The SMILES string of the molecule is CNc1ccccc1N1C(=O)C2=C1CCC=C2Br. The van der Waals surface area contributed by atoms with Crippen molar-refractivity contribution in [1.29, 1.82) is 0 Å². The molecule has 18 heavy (non-hydrogen) atoms. The average Bonchev–Trinajstić information content (AvgIpc) is 2.38. The minimum absolute atomic E-state index is 0.0792. The van der Waals surface area contributed by atoms with Crippen LogP contribution >= 0.6 is 15.9 Å². The summed E-state index contributed by atoms with van der Waals surface area (Å²) < 4.78 is 0.937. The Kier molecular flexibility index (Phi) is 2.74. The highest BCUT2D eigenvalue weighted by atomic mass is 79.9. The highest BCUT2D eigenvalue weighted by Crippen LogP contribution is 2.44. The summed E-state index contributed by atoms with van der Waals surface area (Å²) >= 11 is 3.46. The maximum Gasteiger partial charge on any atom is 0.265 e. The van der Waals surface area contributed by atoms with Crippen molar-refractivity contribution in [2.75, 3.05) is 17.3 Å². The van der Waals surface area contributed by atoms with E-state index in [2.05, 4.69) is 27.3 Å². The van der Waals surface area contributed by atoms with Gasteiger partial charge in [-0.25, -0.2) is 0 Å². The zero-order valence-electron chi connectivity index (χ0n) is 10.0. The number of benzene rings is 1. The second kappa shape index (κ2) is 4.28. The largest absolute Gasteiger partial charge is 0.386 e. The molecule has 0 aromatic heterocycles. The van der Waals surface area contributed by atoms with E-state index >= 15 is 0 Å². The Hall–Kier alpha value is -1.55. The maximum atomic E-state index is 12.2. The van der Waals surface area contributed by atoms with Crippen LogP contribution in [0, 0.1) is 0 Å². The fraction of sp³-hybridized carbons (Fsp3) is 0.214. The lowest BCUT2D eigenvalue weighted by molar-refractivity contribution is -0.116. The first kappa shape index (κ1) is 11.5. The van der Waals surface area contributed by atoms with E-state index in [1.54, 1.807) is 0 Å². The quantitative estimate of drug-likeness (QED) is 0.908. The zero-order valence-corrected chi connectivity index (χ0v) is 11.6. The molecule has 0 radical (unpaired) electrons. The summed E-state index contributed by atoms with van der Waals surface area (Å²) in [5, 5.41) is 3.13. The first-order valence-electron chi connectivity index (χ1n) is 5.94. The molecule has 1 aromatic carbocycles. The van der Waals surface area contributed by atoms with Gasteiger partial charge in [-0.1, -0.05) is 34.1 Å². The molecular weight excluding hydrogens is 292 g/mol. The Morgan fingerprint density at radius 2 is 2.11 bits per heavy atom. The summed E-state index contributed by atoms with van der Waals surface area (Å²) in [5.74, 6) is 0.0792. The molecule has 1 aliphatic heterocycles. The fourth-order valence-electron chi connectivity index (χ4n) is 2.47. The number of amides is 1. The van der Waals surface area contributed by atoms with E-state index < -0.39 is 0 Å². The van der Waals surface area contributed by atoms with Crippen molar-refractivity contribution in [2.24, 2.45) is 0 Å². The maximum absolute atomic E-state index is 12.2. The van der Waals surface area contributed by atoms with Crippen molar-refractivity contribution in [1.82, 2.24) is 0 Å². The van der Waals surface area contributed by atoms with E-state index in [0.29, 0.717) is 0 Å². The number of nitrogens with one attached hydrogen (secondary N) is 1. The van der Waals surface area contributed by atoms with Crippen LogP contribution in [0.15, 0.2) is 46.1 Å². The predicted molar refractivity (Wildman–Crippen MR) is 76.7 cm³/mol. The predicted octanol–water partition coefficient (Wildman–Crippen LogP) is 3.40. The standard InChI is InChI=1S/C14H13BrN2O/c1-16-10-6-2-3-7-11(10)17-12-8-4-5-9(15)13(12)14(17)18/h2-3,5-7,16H,4,8H2,1H3. The molecule has 0 atom stereocenters. The molecule has 0 unspecified atom stereocenters. The highest BCUT2D eigenvalue weighted by molar-refractivity contribution is 9.12. The van der Waals surface area contributed by atoms with Crippen molar-refractivity contribution in [3.8, 4) is 0 Å². The molecule has 1 N–H and O–H groups in total. The van der Waals surface area contributed by atoms with Crippen molar-refractivity contribution >= 4 is 33.2 Å². The van der Waals surface area contributed by atoms with E-state index in [4.69, 9.17) is 0 Å². The van der Waals surface area contributed by atoms with Gasteiger partial charge in [0, 0.05) is 17.2 Å². The average molecular weight is 305 g/mol. The Balaban J connectivity index is 2.06. The molecular formula is C14H13BrN2O. The molecule has 4 heteroatoms. The van der Waals surface area contributed by atoms with Crippen LogP contribution in [-0.4, -0.2) is 13.0 Å². The molecule has 0 bridgehead atoms. The molecule has 3 nitrogen and oxygen atoms in total. The summed E-state index contributed by atoms with van der Waals surface area (Å²) in [6, 6.07) is 7.87. The van der Waals surface area contributed by atoms with Gasteiger partial charge in [0.1, 0.15) is 0 Å². The first-order chi connectivity index (χ1) is 8.74. The normalized spacial score (nSPS) is 18.2.